The number of hydrogen-bond acceptors (Lipinski definition) is 7. The zero-order valence-electron chi connectivity index (χ0n) is 18.9. The van der Waals surface area contributed by atoms with Crippen molar-refractivity contribution in [1.82, 2.24) is 10.6 Å². The lowest BCUT2D eigenvalue weighted by atomic mass is 10.5. The highest BCUT2D eigenvalue weighted by Crippen LogP contribution is 2.15. The molecule has 27 heavy (non-hydrogen) atoms. The van der Waals surface area contributed by atoms with E-state index in [1.54, 1.807) is 0 Å². The van der Waals surface area contributed by atoms with Gasteiger partial charge in [0.05, 0.1) is 0 Å². The third kappa shape index (κ3) is 20.7. The minimum atomic E-state index is -1.88. The van der Waals surface area contributed by atoms with Crippen LogP contribution >= 0.6 is 0 Å². The maximum Gasteiger partial charge on any atom is 0.334 e. The second-order valence-corrected chi connectivity index (χ2v) is 15.0. The first kappa shape index (κ1) is 29.4. The van der Waals surface area contributed by atoms with Crippen LogP contribution in [0.3, 0.4) is 0 Å². The summed E-state index contributed by atoms with van der Waals surface area (Å²) in [5.74, 6) is 0. The molecule has 0 fully saturated rings. The lowest BCUT2D eigenvalue weighted by molar-refractivity contribution is 0.188. The van der Waals surface area contributed by atoms with Crippen LogP contribution in [0.2, 0.25) is 31.7 Å². The zero-order valence-corrected chi connectivity index (χ0v) is 20.9. The fraction of sp³-hybridized carbons (Fsp3) is 1.00. The molecule has 9 heteroatoms. The van der Waals surface area contributed by atoms with Gasteiger partial charge in [-0.1, -0.05) is 0 Å². The van der Waals surface area contributed by atoms with E-state index in [1.807, 2.05) is 21.0 Å². The van der Waals surface area contributed by atoms with Crippen molar-refractivity contribution >= 4 is 16.9 Å². The minimum Gasteiger partial charge on any atom is -0.420 e. The summed E-state index contributed by atoms with van der Waals surface area (Å²) in [6.07, 6.45) is 2.30. The van der Waals surface area contributed by atoms with Crippen LogP contribution in [0.4, 0.5) is 0 Å². The van der Waals surface area contributed by atoms with Crippen LogP contribution in [0.1, 0.15) is 26.7 Å². The van der Waals surface area contributed by atoms with Crippen LogP contribution in [0, 0.1) is 0 Å². The predicted molar refractivity (Wildman–Crippen MR) is 122 cm³/mol. The summed E-state index contributed by atoms with van der Waals surface area (Å²) in [4.78, 5) is 0. The zero-order chi connectivity index (χ0) is 21.0. The summed E-state index contributed by atoms with van der Waals surface area (Å²) in [5, 5.41) is 6.55. The van der Waals surface area contributed by atoms with Gasteiger partial charge in [0.25, 0.3) is 0 Å². The molecule has 0 bridgehead atoms. The van der Waals surface area contributed by atoms with Gasteiger partial charge in [-0.2, -0.15) is 0 Å². The van der Waals surface area contributed by atoms with E-state index in [2.05, 4.69) is 30.3 Å². The maximum atomic E-state index is 5.74. The van der Waals surface area contributed by atoms with Gasteiger partial charge in [-0.15, -0.1) is 0 Å². The van der Waals surface area contributed by atoms with Crippen LogP contribution < -0.4 is 22.1 Å². The van der Waals surface area contributed by atoms with Gasteiger partial charge < -0.3 is 35.4 Å². The summed E-state index contributed by atoms with van der Waals surface area (Å²) in [5.41, 5.74) is 10.7. The minimum absolute atomic E-state index is 0.700. The molecule has 0 saturated heterocycles. The highest BCUT2D eigenvalue weighted by molar-refractivity contribution is 6.71. The molecule has 0 rings (SSSR count). The number of hydrogen-bond donors (Lipinski definition) is 4. The second kappa shape index (κ2) is 19.5. The third-order valence-corrected chi connectivity index (χ3v) is 9.93. The van der Waals surface area contributed by atoms with Crippen molar-refractivity contribution in [2.75, 3.05) is 59.6 Å². The summed E-state index contributed by atoms with van der Waals surface area (Å²) >= 11 is 0. The maximum absolute atomic E-state index is 5.74. The Kier molecular flexibility index (Phi) is 21.2. The van der Waals surface area contributed by atoms with E-state index >= 15 is 0 Å². The molecule has 7 nitrogen and oxygen atoms in total. The summed E-state index contributed by atoms with van der Waals surface area (Å²) in [6, 6.07) is 2.27. The quantitative estimate of drug-likeness (QED) is 0.209. The Labute approximate surface area is 170 Å². The number of nitrogens with two attached hydrogens (primary N) is 2. The summed E-state index contributed by atoms with van der Waals surface area (Å²) < 4.78 is 16.9. The Morgan fingerprint density at radius 2 is 1.19 bits per heavy atom. The fourth-order valence-electron chi connectivity index (χ4n) is 2.53. The van der Waals surface area contributed by atoms with Gasteiger partial charge in [-0.25, -0.2) is 0 Å². The normalized spacial score (nSPS) is 12.0. The first-order chi connectivity index (χ1) is 12.8. The van der Waals surface area contributed by atoms with Crippen molar-refractivity contribution in [2.45, 2.75) is 58.4 Å². The SMILES string of the molecule is CCO[Si](C)(CCCNCCN)OCC.CO[Si](C)(C)CCCNCCN. The third-order valence-electron chi connectivity index (χ3n) is 4.21. The Morgan fingerprint density at radius 3 is 1.56 bits per heavy atom. The van der Waals surface area contributed by atoms with E-state index in [0.29, 0.717) is 6.54 Å². The average Bonchev–Trinajstić information content (AvgIpc) is 2.62. The highest BCUT2D eigenvalue weighted by Gasteiger charge is 2.29. The van der Waals surface area contributed by atoms with Crippen molar-refractivity contribution in [1.29, 1.82) is 0 Å². The van der Waals surface area contributed by atoms with E-state index < -0.39 is 16.9 Å². The van der Waals surface area contributed by atoms with Gasteiger partial charge >= 0.3 is 8.56 Å². The molecule has 6 N–H and O–H groups in total. The predicted octanol–water partition coefficient (Wildman–Crippen LogP) is 1.85. The first-order valence-electron chi connectivity index (χ1n) is 10.5. The lowest BCUT2D eigenvalue weighted by Gasteiger charge is -2.25. The van der Waals surface area contributed by atoms with Gasteiger partial charge in [-0.3, -0.25) is 0 Å². The van der Waals surface area contributed by atoms with Gasteiger partial charge in [0.15, 0.2) is 8.32 Å². The van der Waals surface area contributed by atoms with Crippen LogP contribution in [0.5, 0.6) is 0 Å². The molecule has 0 amide bonds. The molecule has 0 saturated carbocycles. The monoisotopic (exact) mass is 424 g/mol. The molecular weight excluding hydrogens is 376 g/mol. The smallest absolute Gasteiger partial charge is 0.334 e. The Bertz CT molecular complexity index is 308. The number of rotatable bonds is 17. The Hall–Kier alpha value is 0.154. The van der Waals surface area contributed by atoms with E-state index in [9.17, 15) is 0 Å². The van der Waals surface area contributed by atoms with Crippen molar-refractivity contribution < 1.29 is 13.3 Å². The topological polar surface area (TPSA) is 104 Å². The standard InChI is InChI=1S/C10H26N2O2Si.C8H22N2OSi/c1-4-13-15(3,14-5-2)10-6-8-12-9-7-11;1-11-12(2,3)8-4-6-10-7-5-9/h12H,4-11H2,1-3H3;10H,4-9H2,1-3H3. The van der Waals surface area contributed by atoms with Crippen molar-refractivity contribution in [3.63, 3.8) is 0 Å². The Balaban J connectivity index is 0. The van der Waals surface area contributed by atoms with Crippen molar-refractivity contribution in [3.8, 4) is 0 Å². The average molecular weight is 425 g/mol. The molecule has 166 valence electrons. The molecule has 0 unspecified atom stereocenters. The molecule has 0 spiro atoms. The molecule has 0 atom stereocenters. The molecule has 0 aliphatic heterocycles. The molecular formula is C18H48N4O3Si2. The van der Waals surface area contributed by atoms with Gasteiger partial charge in [0, 0.05) is 46.5 Å². The van der Waals surface area contributed by atoms with Gasteiger partial charge in [-0.05, 0) is 71.5 Å². The fourth-order valence-corrected chi connectivity index (χ4v) is 6.17. The molecule has 0 aliphatic rings. The Morgan fingerprint density at radius 1 is 0.741 bits per heavy atom. The van der Waals surface area contributed by atoms with E-state index in [1.165, 1.54) is 12.5 Å². The lowest BCUT2D eigenvalue weighted by Crippen LogP contribution is -2.39. The largest absolute Gasteiger partial charge is 0.420 e. The molecule has 0 aromatic rings. The van der Waals surface area contributed by atoms with Gasteiger partial charge in [0.2, 0.25) is 0 Å². The molecule has 0 aromatic carbocycles. The molecule has 0 heterocycles. The van der Waals surface area contributed by atoms with E-state index in [0.717, 1.165) is 58.4 Å². The summed E-state index contributed by atoms with van der Waals surface area (Å²) in [6.45, 7) is 17.5. The highest BCUT2D eigenvalue weighted by atomic mass is 28.4. The molecule has 0 aliphatic carbocycles. The first-order valence-corrected chi connectivity index (χ1v) is 16.1. The van der Waals surface area contributed by atoms with Crippen LogP contribution in [-0.2, 0) is 13.3 Å². The van der Waals surface area contributed by atoms with Crippen molar-refractivity contribution in [3.05, 3.63) is 0 Å². The molecule has 0 aromatic heterocycles. The molecule has 0 radical (unpaired) electrons. The summed E-state index contributed by atoms with van der Waals surface area (Å²) in [7, 11) is -1.37. The number of nitrogens with one attached hydrogen (secondary N) is 2. The van der Waals surface area contributed by atoms with E-state index in [4.69, 9.17) is 24.7 Å². The van der Waals surface area contributed by atoms with E-state index in [-0.39, 0.29) is 0 Å². The van der Waals surface area contributed by atoms with Crippen LogP contribution in [0.15, 0.2) is 0 Å². The second-order valence-electron chi connectivity index (χ2n) is 7.25. The van der Waals surface area contributed by atoms with Crippen LogP contribution in [0.25, 0.3) is 0 Å². The van der Waals surface area contributed by atoms with Crippen molar-refractivity contribution in [2.24, 2.45) is 11.5 Å². The van der Waals surface area contributed by atoms with Gasteiger partial charge in [0.1, 0.15) is 0 Å². The van der Waals surface area contributed by atoms with Crippen LogP contribution in [-0.4, -0.2) is 76.5 Å².